The number of carbonyl (C=O) groups excluding carboxylic acids is 1. The van der Waals surface area contributed by atoms with Gasteiger partial charge in [0.2, 0.25) is 0 Å². The van der Waals surface area contributed by atoms with E-state index in [0.29, 0.717) is 16.5 Å². The van der Waals surface area contributed by atoms with Crippen molar-refractivity contribution in [2.24, 2.45) is 0 Å². The quantitative estimate of drug-likeness (QED) is 0.860. The van der Waals surface area contributed by atoms with Crippen molar-refractivity contribution in [3.05, 3.63) is 28.4 Å². The largest absolute Gasteiger partial charge is 0.495 e. The molecule has 2 aromatic rings. The first-order valence-electron chi connectivity index (χ1n) is 5.75. The molecule has 0 spiro atoms. The molecule has 18 heavy (non-hydrogen) atoms. The molecule has 1 aliphatic rings. The van der Waals surface area contributed by atoms with E-state index in [0.717, 1.165) is 29.4 Å². The van der Waals surface area contributed by atoms with Crippen molar-refractivity contribution in [3.8, 4) is 5.75 Å². The lowest BCUT2D eigenvalue weighted by Crippen LogP contribution is -2.33. The summed E-state index contributed by atoms with van der Waals surface area (Å²) in [7, 11) is 3.40. The Kier molecular flexibility index (Phi) is 2.48. The number of halogens is 1. The minimum atomic E-state index is 0.0301. The molecule has 1 amide bonds. The van der Waals surface area contributed by atoms with E-state index in [-0.39, 0.29) is 5.91 Å². The zero-order valence-corrected chi connectivity index (χ0v) is 11.0. The molecule has 1 aliphatic heterocycles. The van der Waals surface area contributed by atoms with Gasteiger partial charge in [-0.25, -0.2) is 0 Å². The van der Waals surface area contributed by atoms with E-state index in [9.17, 15) is 4.79 Å². The highest BCUT2D eigenvalue weighted by atomic mass is 35.5. The maximum absolute atomic E-state index is 12.1. The van der Waals surface area contributed by atoms with Crippen LogP contribution in [-0.2, 0) is 6.42 Å². The Balaban J connectivity index is 2.28. The molecule has 0 atom stereocenters. The van der Waals surface area contributed by atoms with Gasteiger partial charge in [0, 0.05) is 24.5 Å². The number of ether oxygens (including phenoxy) is 1. The molecule has 1 aromatic heterocycles. The highest BCUT2D eigenvalue weighted by Crippen LogP contribution is 2.34. The zero-order chi connectivity index (χ0) is 12.9. The number of H-pyrrole nitrogens is 1. The highest BCUT2D eigenvalue weighted by molar-refractivity contribution is 6.33. The number of aromatic amines is 1. The van der Waals surface area contributed by atoms with Crippen LogP contribution >= 0.6 is 11.6 Å². The molecule has 1 N–H and O–H groups in total. The van der Waals surface area contributed by atoms with E-state index in [4.69, 9.17) is 16.3 Å². The molecule has 0 bridgehead atoms. The molecule has 0 radical (unpaired) electrons. The minimum Gasteiger partial charge on any atom is -0.495 e. The Bertz CT molecular complexity index is 648. The maximum atomic E-state index is 12.1. The van der Waals surface area contributed by atoms with Crippen molar-refractivity contribution >= 4 is 28.4 Å². The number of nitrogens with zero attached hydrogens (tertiary/aromatic N) is 1. The maximum Gasteiger partial charge on any atom is 0.270 e. The summed E-state index contributed by atoms with van der Waals surface area (Å²) in [6.45, 7) is 0.740. The van der Waals surface area contributed by atoms with Crippen LogP contribution in [0, 0.1) is 0 Å². The number of benzene rings is 1. The Labute approximate surface area is 109 Å². The van der Waals surface area contributed by atoms with Crippen LogP contribution in [0.25, 0.3) is 10.9 Å². The Morgan fingerprint density at radius 3 is 2.94 bits per heavy atom. The number of likely N-dealkylation sites (N-methyl/N-ethyl adjacent to an activating group) is 1. The van der Waals surface area contributed by atoms with Gasteiger partial charge in [-0.2, -0.15) is 0 Å². The minimum absolute atomic E-state index is 0.0301. The number of carbonyl (C=O) groups is 1. The number of hydrogen-bond acceptors (Lipinski definition) is 2. The molecule has 3 rings (SSSR count). The fraction of sp³-hybridized carbons (Fsp3) is 0.308. The number of methoxy groups -OCH3 is 1. The molecule has 0 saturated heterocycles. The van der Waals surface area contributed by atoms with E-state index in [1.807, 2.05) is 13.1 Å². The molecule has 5 heteroatoms. The van der Waals surface area contributed by atoms with Crippen molar-refractivity contribution in [2.45, 2.75) is 6.42 Å². The van der Waals surface area contributed by atoms with E-state index < -0.39 is 0 Å². The summed E-state index contributed by atoms with van der Waals surface area (Å²) >= 11 is 6.09. The van der Waals surface area contributed by atoms with Gasteiger partial charge in [0.25, 0.3) is 5.91 Å². The smallest absolute Gasteiger partial charge is 0.270 e. The average molecular weight is 265 g/mol. The van der Waals surface area contributed by atoms with Crippen molar-refractivity contribution in [3.63, 3.8) is 0 Å². The van der Waals surface area contributed by atoms with Crippen molar-refractivity contribution in [2.75, 3.05) is 20.7 Å². The number of rotatable bonds is 1. The molecule has 4 nitrogen and oxygen atoms in total. The van der Waals surface area contributed by atoms with Gasteiger partial charge in [-0.05, 0) is 24.1 Å². The summed E-state index contributed by atoms with van der Waals surface area (Å²) in [4.78, 5) is 16.9. The summed E-state index contributed by atoms with van der Waals surface area (Å²) in [6, 6.07) is 3.70. The lowest BCUT2D eigenvalue weighted by Gasteiger charge is -2.22. The number of nitrogens with one attached hydrogen (secondary N) is 1. The van der Waals surface area contributed by atoms with E-state index in [2.05, 4.69) is 4.98 Å². The monoisotopic (exact) mass is 264 g/mol. The van der Waals surface area contributed by atoms with Crippen LogP contribution in [0.3, 0.4) is 0 Å². The first-order valence-corrected chi connectivity index (χ1v) is 6.13. The van der Waals surface area contributed by atoms with Gasteiger partial charge in [0.1, 0.15) is 11.4 Å². The molecular formula is C13H13ClN2O2. The first-order chi connectivity index (χ1) is 8.61. The van der Waals surface area contributed by atoms with Crippen LogP contribution < -0.4 is 4.74 Å². The summed E-state index contributed by atoms with van der Waals surface area (Å²) in [5.74, 6) is 0.667. The van der Waals surface area contributed by atoms with Gasteiger partial charge in [-0.15, -0.1) is 0 Å². The zero-order valence-electron chi connectivity index (χ0n) is 10.2. The molecule has 0 unspecified atom stereocenters. The van der Waals surface area contributed by atoms with Crippen LogP contribution in [-0.4, -0.2) is 36.5 Å². The lowest BCUT2D eigenvalue weighted by molar-refractivity contribution is 0.0776. The van der Waals surface area contributed by atoms with Gasteiger partial charge in [-0.3, -0.25) is 4.79 Å². The normalized spacial score (nSPS) is 15.1. The number of amides is 1. The third-order valence-electron chi connectivity index (χ3n) is 3.44. The Morgan fingerprint density at radius 1 is 1.44 bits per heavy atom. The number of aromatic nitrogens is 1. The number of fused-ring (bicyclic) bond motifs is 3. The molecule has 2 heterocycles. The van der Waals surface area contributed by atoms with Crippen molar-refractivity contribution < 1.29 is 9.53 Å². The average Bonchev–Trinajstić information content (AvgIpc) is 2.71. The van der Waals surface area contributed by atoms with Gasteiger partial charge in [-0.1, -0.05) is 11.6 Å². The standard InChI is InChI=1S/C13H13ClN2O2/c1-16-4-3-7-8-5-11(18-2)9(14)6-10(8)15-12(7)13(16)17/h5-6,15H,3-4H2,1-2H3. The second kappa shape index (κ2) is 3.92. The summed E-state index contributed by atoms with van der Waals surface area (Å²) in [6.07, 6.45) is 0.850. The van der Waals surface area contributed by atoms with Crippen LogP contribution in [0.4, 0.5) is 0 Å². The van der Waals surface area contributed by atoms with Crippen LogP contribution in [0.2, 0.25) is 5.02 Å². The van der Waals surface area contributed by atoms with Crippen molar-refractivity contribution in [1.29, 1.82) is 0 Å². The lowest BCUT2D eigenvalue weighted by atomic mass is 10.0. The summed E-state index contributed by atoms with van der Waals surface area (Å²) in [5, 5.41) is 1.57. The van der Waals surface area contributed by atoms with Crippen LogP contribution in [0.15, 0.2) is 12.1 Å². The second-order valence-electron chi connectivity index (χ2n) is 4.49. The van der Waals surface area contributed by atoms with Crippen molar-refractivity contribution in [1.82, 2.24) is 9.88 Å². The predicted octanol–water partition coefficient (Wildman–Crippen LogP) is 2.46. The van der Waals surface area contributed by atoms with Gasteiger partial charge in [0.15, 0.2) is 0 Å². The van der Waals surface area contributed by atoms with Gasteiger partial charge in [0.05, 0.1) is 12.1 Å². The van der Waals surface area contributed by atoms with Crippen LogP contribution in [0.1, 0.15) is 16.1 Å². The Hall–Kier alpha value is -1.68. The SMILES string of the molecule is COc1cc2c3c([nH]c2cc1Cl)C(=O)N(C)CC3. The third-order valence-corrected chi connectivity index (χ3v) is 3.73. The first kappa shape index (κ1) is 11.4. The molecule has 0 saturated carbocycles. The summed E-state index contributed by atoms with van der Waals surface area (Å²) < 4.78 is 5.22. The molecule has 0 fully saturated rings. The Morgan fingerprint density at radius 2 is 2.22 bits per heavy atom. The van der Waals surface area contributed by atoms with Gasteiger partial charge < -0.3 is 14.6 Å². The molecular weight excluding hydrogens is 252 g/mol. The highest BCUT2D eigenvalue weighted by Gasteiger charge is 2.26. The molecule has 1 aromatic carbocycles. The molecule has 94 valence electrons. The number of hydrogen-bond donors (Lipinski definition) is 1. The van der Waals surface area contributed by atoms with E-state index in [1.165, 1.54) is 0 Å². The summed E-state index contributed by atoms with van der Waals surface area (Å²) in [5.41, 5.74) is 2.61. The van der Waals surface area contributed by atoms with Crippen LogP contribution in [0.5, 0.6) is 5.75 Å². The van der Waals surface area contributed by atoms with Gasteiger partial charge >= 0.3 is 0 Å². The second-order valence-corrected chi connectivity index (χ2v) is 4.89. The van der Waals surface area contributed by atoms with E-state index in [1.54, 1.807) is 18.1 Å². The van der Waals surface area contributed by atoms with E-state index >= 15 is 0 Å². The fourth-order valence-electron chi connectivity index (χ4n) is 2.42. The topological polar surface area (TPSA) is 45.3 Å². The third kappa shape index (κ3) is 1.49. The fourth-order valence-corrected chi connectivity index (χ4v) is 2.66. The predicted molar refractivity (Wildman–Crippen MR) is 70.5 cm³/mol. The molecule has 0 aliphatic carbocycles.